The van der Waals surface area contributed by atoms with E-state index in [9.17, 15) is 14.9 Å². The Hall–Kier alpha value is -2.91. The van der Waals surface area contributed by atoms with Gasteiger partial charge in [-0.15, -0.1) is 0 Å². The molecule has 1 heterocycles. The molecule has 7 nitrogen and oxygen atoms in total. The van der Waals surface area contributed by atoms with Crippen LogP contribution in [-0.4, -0.2) is 21.8 Å². The van der Waals surface area contributed by atoms with Crippen LogP contribution in [0.1, 0.15) is 18.1 Å². The zero-order valence-electron chi connectivity index (χ0n) is 14.8. The summed E-state index contributed by atoms with van der Waals surface area (Å²) in [5.74, 6) is 0.873. The van der Waals surface area contributed by atoms with Crippen molar-refractivity contribution in [3.05, 3.63) is 68.6 Å². The van der Waals surface area contributed by atoms with Crippen LogP contribution in [0.4, 0.5) is 5.69 Å². The van der Waals surface area contributed by atoms with Crippen molar-refractivity contribution in [3.63, 3.8) is 0 Å². The molecule has 0 saturated carbocycles. The van der Waals surface area contributed by atoms with Gasteiger partial charge in [0.1, 0.15) is 10.9 Å². The molecule has 1 amide bonds. The van der Waals surface area contributed by atoms with Gasteiger partial charge < -0.3 is 14.8 Å². The van der Waals surface area contributed by atoms with Gasteiger partial charge in [-0.2, -0.15) is 0 Å². The number of ether oxygens (including phenoxy) is 2. The van der Waals surface area contributed by atoms with Crippen molar-refractivity contribution in [2.24, 2.45) is 0 Å². The molecule has 0 spiro atoms. The Bertz CT molecular complexity index is 957. The fourth-order valence-electron chi connectivity index (χ4n) is 2.45. The Labute approximate surface area is 170 Å². The number of nitrogens with one attached hydrogen (secondary N) is 1. The number of rotatable bonds is 7. The summed E-state index contributed by atoms with van der Waals surface area (Å²) in [4.78, 5) is 22.6. The molecule has 0 atom stereocenters. The normalized spacial score (nSPS) is 14.8. The van der Waals surface area contributed by atoms with Crippen LogP contribution in [0.3, 0.4) is 0 Å². The summed E-state index contributed by atoms with van der Waals surface area (Å²) in [7, 11) is 0. The summed E-state index contributed by atoms with van der Waals surface area (Å²) in [5, 5.41) is 13.3. The van der Waals surface area contributed by atoms with Crippen molar-refractivity contribution in [2.45, 2.75) is 13.5 Å². The third-order valence-electron chi connectivity index (χ3n) is 3.75. The van der Waals surface area contributed by atoms with E-state index in [1.165, 1.54) is 23.9 Å². The summed E-state index contributed by atoms with van der Waals surface area (Å²) in [5.41, 5.74) is 1.62. The molecule has 0 aliphatic carbocycles. The maximum absolute atomic E-state index is 11.8. The van der Waals surface area contributed by atoms with Crippen LogP contribution in [0.2, 0.25) is 0 Å². The van der Waals surface area contributed by atoms with E-state index in [1.54, 1.807) is 30.3 Å². The minimum atomic E-state index is -0.444. The highest BCUT2D eigenvalue weighted by atomic mass is 32.2. The average Bonchev–Trinajstić information content (AvgIpc) is 2.98. The predicted molar refractivity (Wildman–Crippen MR) is 111 cm³/mol. The number of nitro groups is 1. The van der Waals surface area contributed by atoms with E-state index in [1.807, 2.05) is 13.0 Å². The van der Waals surface area contributed by atoms with Crippen LogP contribution in [0.25, 0.3) is 6.08 Å². The van der Waals surface area contributed by atoms with Crippen molar-refractivity contribution < 1.29 is 19.2 Å². The highest BCUT2D eigenvalue weighted by molar-refractivity contribution is 8.26. The lowest BCUT2D eigenvalue weighted by atomic mass is 10.1. The number of thiocarbonyl (C=S) groups is 1. The first kappa shape index (κ1) is 19.8. The minimum Gasteiger partial charge on any atom is -0.490 e. The number of carbonyl (C=O) groups excluding carboxylic acids is 1. The zero-order valence-corrected chi connectivity index (χ0v) is 16.5. The van der Waals surface area contributed by atoms with Crippen molar-refractivity contribution in [2.75, 3.05) is 6.61 Å². The van der Waals surface area contributed by atoms with E-state index in [0.717, 1.165) is 11.1 Å². The summed E-state index contributed by atoms with van der Waals surface area (Å²) >= 11 is 6.20. The van der Waals surface area contributed by atoms with E-state index < -0.39 is 4.92 Å². The molecule has 144 valence electrons. The van der Waals surface area contributed by atoms with Crippen LogP contribution in [-0.2, 0) is 11.4 Å². The molecule has 1 aliphatic heterocycles. The standard InChI is InChI=1S/C19H16N2O5S2/c1-2-25-16-9-13(10-17-18(22)20-19(27)28-17)5-8-15(16)26-11-12-3-6-14(7-4-12)21(23)24/h3-10H,2,11H2,1H3,(H,20,22,27)/b17-10-. The quantitative estimate of drug-likeness (QED) is 0.315. The highest BCUT2D eigenvalue weighted by Crippen LogP contribution is 2.32. The van der Waals surface area contributed by atoms with Crippen molar-refractivity contribution in [1.29, 1.82) is 0 Å². The van der Waals surface area contributed by atoms with Gasteiger partial charge in [0.25, 0.3) is 11.6 Å². The van der Waals surface area contributed by atoms with E-state index >= 15 is 0 Å². The van der Waals surface area contributed by atoms with Crippen LogP contribution < -0.4 is 14.8 Å². The number of hydrogen-bond acceptors (Lipinski definition) is 7. The third kappa shape index (κ3) is 4.87. The lowest BCUT2D eigenvalue weighted by Gasteiger charge is -2.13. The molecule has 1 aliphatic rings. The van der Waals surface area contributed by atoms with Gasteiger partial charge in [0.15, 0.2) is 11.5 Å². The lowest BCUT2D eigenvalue weighted by Crippen LogP contribution is -2.17. The maximum atomic E-state index is 11.8. The molecule has 0 aromatic heterocycles. The van der Waals surface area contributed by atoms with Crippen LogP contribution in [0.15, 0.2) is 47.4 Å². The number of amides is 1. The van der Waals surface area contributed by atoms with Gasteiger partial charge in [0, 0.05) is 12.1 Å². The Morgan fingerprint density at radius 1 is 1.18 bits per heavy atom. The van der Waals surface area contributed by atoms with E-state index in [2.05, 4.69) is 5.32 Å². The first-order valence-corrected chi connectivity index (χ1v) is 9.56. The minimum absolute atomic E-state index is 0.0319. The molecule has 1 saturated heterocycles. The Kier molecular flexibility index (Phi) is 6.27. The molecular formula is C19H16N2O5S2. The smallest absolute Gasteiger partial charge is 0.269 e. The van der Waals surface area contributed by atoms with Gasteiger partial charge >= 0.3 is 0 Å². The molecular weight excluding hydrogens is 400 g/mol. The van der Waals surface area contributed by atoms with Gasteiger partial charge in [0.2, 0.25) is 0 Å². The monoisotopic (exact) mass is 416 g/mol. The number of nitrogens with zero attached hydrogens (tertiary/aromatic N) is 1. The molecule has 3 rings (SSSR count). The van der Waals surface area contributed by atoms with Gasteiger partial charge in [-0.1, -0.05) is 30.0 Å². The number of benzene rings is 2. The number of thioether (sulfide) groups is 1. The van der Waals surface area contributed by atoms with Crippen molar-refractivity contribution in [1.82, 2.24) is 5.32 Å². The van der Waals surface area contributed by atoms with Crippen molar-refractivity contribution in [3.8, 4) is 11.5 Å². The predicted octanol–water partition coefficient (Wildman–Crippen LogP) is 4.06. The molecule has 1 N–H and O–H groups in total. The molecule has 1 fully saturated rings. The zero-order chi connectivity index (χ0) is 20.1. The Morgan fingerprint density at radius 3 is 2.54 bits per heavy atom. The highest BCUT2D eigenvalue weighted by Gasteiger charge is 2.22. The van der Waals surface area contributed by atoms with Crippen LogP contribution >= 0.6 is 24.0 Å². The van der Waals surface area contributed by atoms with Crippen LogP contribution in [0, 0.1) is 10.1 Å². The van der Waals surface area contributed by atoms with E-state index in [0.29, 0.717) is 27.3 Å². The molecule has 28 heavy (non-hydrogen) atoms. The first-order valence-electron chi connectivity index (χ1n) is 8.34. The number of carbonyl (C=O) groups is 1. The Balaban J connectivity index is 1.75. The number of nitro benzene ring substituents is 1. The fourth-order valence-corrected chi connectivity index (χ4v) is 3.49. The van der Waals surface area contributed by atoms with Crippen molar-refractivity contribution >= 4 is 46.0 Å². The largest absolute Gasteiger partial charge is 0.490 e. The topological polar surface area (TPSA) is 90.7 Å². The number of hydrogen-bond donors (Lipinski definition) is 1. The lowest BCUT2D eigenvalue weighted by molar-refractivity contribution is -0.384. The second kappa shape index (κ2) is 8.85. The molecule has 0 unspecified atom stereocenters. The molecule has 9 heteroatoms. The summed E-state index contributed by atoms with van der Waals surface area (Å²) in [6.07, 6.45) is 1.74. The molecule has 0 bridgehead atoms. The van der Waals surface area contributed by atoms with E-state index in [-0.39, 0.29) is 18.2 Å². The second-order valence-corrected chi connectivity index (χ2v) is 7.42. The summed E-state index contributed by atoms with van der Waals surface area (Å²) < 4.78 is 11.9. The maximum Gasteiger partial charge on any atom is 0.269 e. The Morgan fingerprint density at radius 2 is 1.93 bits per heavy atom. The molecule has 2 aromatic rings. The molecule has 0 radical (unpaired) electrons. The van der Waals surface area contributed by atoms with Gasteiger partial charge in [0.05, 0.1) is 16.4 Å². The van der Waals surface area contributed by atoms with Gasteiger partial charge in [-0.25, -0.2) is 0 Å². The number of non-ortho nitro benzene ring substituents is 1. The second-order valence-electron chi connectivity index (χ2n) is 5.70. The average molecular weight is 416 g/mol. The third-order valence-corrected chi connectivity index (χ3v) is 4.91. The molecule has 2 aromatic carbocycles. The van der Waals surface area contributed by atoms with E-state index in [4.69, 9.17) is 21.7 Å². The fraction of sp³-hybridized carbons (Fsp3) is 0.158. The summed E-state index contributed by atoms with van der Waals surface area (Å²) in [6.45, 7) is 2.56. The first-order chi connectivity index (χ1) is 13.5. The van der Waals surface area contributed by atoms with Gasteiger partial charge in [-0.3, -0.25) is 14.9 Å². The van der Waals surface area contributed by atoms with Crippen LogP contribution in [0.5, 0.6) is 11.5 Å². The SMILES string of the molecule is CCOc1cc(/C=C2\SC(=S)NC2=O)ccc1OCc1ccc([N+](=O)[O-])cc1. The summed E-state index contributed by atoms with van der Waals surface area (Å²) in [6, 6.07) is 11.5. The van der Waals surface area contributed by atoms with Gasteiger partial charge in [-0.05, 0) is 48.4 Å².